The van der Waals surface area contributed by atoms with Crippen molar-refractivity contribution in [3.05, 3.63) is 47.6 Å². The average Bonchev–Trinajstić information content (AvgIpc) is 2.92. The van der Waals surface area contributed by atoms with Gasteiger partial charge in [0.15, 0.2) is 5.82 Å². The Balaban J connectivity index is 1.66. The second-order valence-electron chi connectivity index (χ2n) is 5.15. The SMILES string of the molecule is Cc1noc(CCN2CCNCC2c2ccccc2)n1. The van der Waals surface area contributed by atoms with Gasteiger partial charge in [-0.1, -0.05) is 35.5 Å². The first-order valence-electron chi connectivity index (χ1n) is 7.12. The summed E-state index contributed by atoms with van der Waals surface area (Å²) in [5.74, 6) is 1.44. The van der Waals surface area contributed by atoms with E-state index < -0.39 is 0 Å². The monoisotopic (exact) mass is 272 g/mol. The van der Waals surface area contributed by atoms with Gasteiger partial charge in [0.25, 0.3) is 0 Å². The van der Waals surface area contributed by atoms with Crippen LogP contribution in [0.3, 0.4) is 0 Å². The topological polar surface area (TPSA) is 54.2 Å². The van der Waals surface area contributed by atoms with Crippen molar-refractivity contribution in [2.24, 2.45) is 0 Å². The molecule has 0 spiro atoms. The van der Waals surface area contributed by atoms with Crippen LogP contribution in [0.2, 0.25) is 0 Å². The number of hydrogen-bond donors (Lipinski definition) is 1. The van der Waals surface area contributed by atoms with Gasteiger partial charge in [-0.05, 0) is 12.5 Å². The number of benzene rings is 1. The Morgan fingerprint density at radius 3 is 2.95 bits per heavy atom. The van der Waals surface area contributed by atoms with Crippen LogP contribution in [0.25, 0.3) is 0 Å². The van der Waals surface area contributed by atoms with E-state index in [4.69, 9.17) is 4.52 Å². The molecule has 0 amide bonds. The van der Waals surface area contributed by atoms with E-state index in [1.807, 2.05) is 6.92 Å². The van der Waals surface area contributed by atoms with Crippen LogP contribution in [0.5, 0.6) is 0 Å². The van der Waals surface area contributed by atoms with Crippen LogP contribution in [0.4, 0.5) is 0 Å². The van der Waals surface area contributed by atoms with Crippen molar-refractivity contribution in [2.45, 2.75) is 19.4 Å². The van der Waals surface area contributed by atoms with Gasteiger partial charge in [0.05, 0.1) is 0 Å². The number of rotatable bonds is 4. The quantitative estimate of drug-likeness (QED) is 0.915. The van der Waals surface area contributed by atoms with Gasteiger partial charge in [-0.15, -0.1) is 0 Å². The third-order valence-electron chi connectivity index (χ3n) is 3.72. The van der Waals surface area contributed by atoms with Crippen LogP contribution in [0, 0.1) is 6.92 Å². The van der Waals surface area contributed by atoms with E-state index in [0.717, 1.165) is 38.5 Å². The van der Waals surface area contributed by atoms with Gasteiger partial charge in [0.2, 0.25) is 5.89 Å². The predicted octanol–water partition coefficient (Wildman–Crippen LogP) is 1.57. The van der Waals surface area contributed by atoms with Gasteiger partial charge in [-0.3, -0.25) is 4.90 Å². The summed E-state index contributed by atoms with van der Waals surface area (Å²) in [4.78, 5) is 6.76. The Hall–Kier alpha value is -1.72. The Morgan fingerprint density at radius 1 is 1.35 bits per heavy atom. The third-order valence-corrected chi connectivity index (χ3v) is 3.72. The summed E-state index contributed by atoms with van der Waals surface area (Å²) < 4.78 is 5.19. The highest BCUT2D eigenvalue weighted by atomic mass is 16.5. The van der Waals surface area contributed by atoms with Crippen molar-refractivity contribution < 1.29 is 4.52 Å². The molecule has 1 N–H and O–H groups in total. The molecule has 0 radical (unpaired) electrons. The van der Waals surface area contributed by atoms with E-state index in [1.54, 1.807) is 0 Å². The summed E-state index contributed by atoms with van der Waals surface area (Å²) in [6.07, 6.45) is 0.810. The van der Waals surface area contributed by atoms with Crippen molar-refractivity contribution in [1.82, 2.24) is 20.4 Å². The van der Waals surface area contributed by atoms with E-state index >= 15 is 0 Å². The summed E-state index contributed by atoms with van der Waals surface area (Å²) in [5.41, 5.74) is 1.36. The van der Waals surface area contributed by atoms with E-state index in [-0.39, 0.29) is 0 Å². The van der Waals surface area contributed by atoms with Gasteiger partial charge in [0.1, 0.15) is 0 Å². The van der Waals surface area contributed by atoms with Crippen LogP contribution in [0.15, 0.2) is 34.9 Å². The van der Waals surface area contributed by atoms with E-state index in [0.29, 0.717) is 11.9 Å². The molecule has 1 unspecified atom stereocenters. The standard InChI is InChI=1S/C15H20N4O/c1-12-17-15(20-18-12)7-9-19-10-8-16-11-14(19)13-5-3-2-4-6-13/h2-6,14,16H,7-11H2,1H3. The van der Waals surface area contributed by atoms with Crippen LogP contribution >= 0.6 is 0 Å². The number of piperazine rings is 1. The van der Waals surface area contributed by atoms with E-state index in [2.05, 4.69) is 50.7 Å². The molecule has 1 atom stereocenters. The van der Waals surface area contributed by atoms with Crippen molar-refractivity contribution in [3.8, 4) is 0 Å². The fraction of sp³-hybridized carbons (Fsp3) is 0.467. The summed E-state index contributed by atoms with van der Waals surface area (Å²) in [6, 6.07) is 11.1. The number of hydrogen-bond acceptors (Lipinski definition) is 5. The van der Waals surface area contributed by atoms with Crippen LogP contribution in [-0.2, 0) is 6.42 Å². The Labute approximate surface area is 119 Å². The summed E-state index contributed by atoms with van der Waals surface area (Å²) >= 11 is 0. The number of nitrogens with one attached hydrogen (secondary N) is 1. The summed E-state index contributed by atoms with van der Waals surface area (Å²) in [7, 11) is 0. The molecule has 1 fully saturated rings. The van der Waals surface area contributed by atoms with Crippen LogP contribution < -0.4 is 5.32 Å². The molecule has 0 aliphatic carbocycles. The minimum atomic E-state index is 0.425. The molecular weight excluding hydrogens is 252 g/mol. The first-order valence-corrected chi connectivity index (χ1v) is 7.12. The van der Waals surface area contributed by atoms with Crippen molar-refractivity contribution in [3.63, 3.8) is 0 Å². The minimum Gasteiger partial charge on any atom is -0.339 e. The zero-order valence-corrected chi connectivity index (χ0v) is 11.7. The van der Waals surface area contributed by atoms with Gasteiger partial charge >= 0.3 is 0 Å². The minimum absolute atomic E-state index is 0.425. The highest BCUT2D eigenvalue weighted by Gasteiger charge is 2.23. The Morgan fingerprint density at radius 2 is 2.20 bits per heavy atom. The first-order chi connectivity index (χ1) is 9.83. The van der Waals surface area contributed by atoms with Crippen LogP contribution in [0.1, 0.15) is 23.3 Å². The lowest BCUT2D eigenvalue weighted by Crippen LogP contribution is -2.46. The smallest absolute Gasteiger partial charge is 0.227 e. The lowest BCUT2D eigenvalue weighted by atomic mass is 10.0. The van der Waals surface area contributed by atoms with Crippen molar-refractivity contribution >= 4 is 0 Å². The third kappa shape index (κ3) is 3.05. The highest BCUT2D eigenvalue weighted by molar-refractivity contribution is 5.20. The molecule has 5 heteroatoms. The molecule has 2 aromatic rings. The normalized spacial score (nSPS) is 20.1. The lowest BCUT2D eigenvalue weighted by molar-refractivity contribution is 0.159. The zero-order chi connectivity index (χ0) is 13.8. The molecule has 106 valence electrons. The Bertz CT molecular complexity index is 540. The van der Waals surface area contributed by atoms with Crippen molar-refractivity contribution in [2.75, 3.05) is 26.2 Å². The molecule has 1 aromatic heterocycles. The maximum atomic E-state index is 5.19. The molecule has 1 aromatic carbocycles. The zero-order valence-electron chi connectivity index (χ0n) is 11.7. The maximum Gasteiger partial charge on any atom is 0.227 e. The molecule has 1 aliphatic heterocycles. The van der Waals surface area contributed by atoms with Gasteiger partial charge in [0, 0.05) is 38.6 Å². The molecule has 5 nitrogen and oxygen atoms in total. The van der Waals surface area contributed by atoms with Crippen LogP contribution in [-0.4, -0.2) is 41.2 Å². The van der Waals surface area contributed by atoms with Crippen molar-refractivity contribution in [1.29, 1.82) is 0 Å². The second-order valence-corrected chi connectivity index (χ2v) is 5.15. The predicted molar refractivity (Wildman–Crippen MR) is 76.4 cm³/mol. The number of nitrogens with zero attached hydrogens (tertiary/aromatic N) is 3. The molecule has 1 saturated heterocycles. The number of aromatic nitrogens is 2. The molecule has 1 aliphatic rings. The fourth-order valence-electron chi connectivity index (χ4n) is 2.70. The maximum absolute atomic E-state index is 5.19. The summed E-state index contributed by atoms with van der Waals surface area (Å²) in [6.45, 7) is 5.87. The molecular formula is C15H20N4O. The Kier molecular flexibility index (Phi) is 4.08. The highest BCUT2D eigenvalue weighted by Crippen LogP contribution is 2.22. The number of aryl methyl sites for hydroxylation is 1. The average molecular weight is 272 g/mol. The van der Waals surface area contributed by atoms with E-state index in [9.17, 15) is 0 Å². The first kappa shape index (κ1) is 13.3. The molecule has 3 rings (SSSR count). The lowest BCUT2D eigenvalue weighted by Gasteiger charge is -2.36. The molecule has 2 heterocycles. The summed E-state index contributed by atoms with van der Waals surface area (Å²) in [5, 5.41) is 7.31. The van der Waals surface area contributed by atoms with Gasteiger partial charge in [-0.2, -0.15) is 4.98 Å². The molecule has 20 heavy (non-hydrogen) atoms. The largest absolute Gasteiger partial charge is 0.339 e. The fourth-order valence-corrected chi connectivity index (χ4v) is 2.70. The van der Waals surface area contributed by atoms with E-state index in [1.165, 1.54) is 5.56 Å². The molecule has 0 bridgehead atoms. The molecule has 0 saturated carbocycles. The second kappa shape index (κ2) is 6.15. The van der Waals surface area contributed by atoms with Gasteiger partial charge in [-0.25, -0.2) is 0 Å². The van der Waals surface area contributed by atoms with Gasteiger partial charge < -0.3 is 9.84 Å².